The molecule has 0 aliphatic carbocycles. The second-order valence-electron chi connectivity index (χ2n) is 4.47. The van der Waals surface area contributed by atoms with Crippen molar-refractivity contribution in [3.05, 3.63) is 57.6 Å². The molecule has 0 spiro atoms. The van der Waals surface area contributed by atoms with Gasteiger partial charge in [0.15, 0.2) is 0 Å². The van der Waals surface area contributed by atoms with Crippen molar-refractivity contribution in [2.45, 2.75) is 13.8 Å². The summed E-state index contributed by atoms with van der Waals surface area (Å²) in [4.78, 5) is 10.2. The first-order valence-corrected chi connectivity index (χ1v) is 6.00. The first-order valence-electron chi connectivity index (χ1n) is 6.00. The minimum atomic E-state index is -0.461. The summed E-state index contributed by atoms with van der Waals surface area (Å²) in [6, 6.07) is 9.70. The molecule has 20 heavy (non-hydrogen) atoms. The molecule has 0 fully saturated rings. The Bertz CT molecular complexity index is 696. The number of nitro benzene ring substituents is 1. The average molecular weight is 270 g/mol. The second-order valence-corrected chi connectivity index (χ2v) is 4.47. The first-order chi connectivity index (χ1) is 9.47. The molecule has 2 rings (SSSR count). The standard InChI is InChI=1S/C14H14N4O2/c1-9-7-14(10(2)6-13(9)15)17-16-11-4-3-5-12(8-11)18(19)20/h3-8H,15H2,1-2H3. The van der Waals surface area contributed by atoms with Crippen LogP contribution in [0.3, 0.4) is 0 Å². The van der Waals surface area contributed by atoms with Crippen LogP contribution in [0.5, 0.6) is 0 Å². The fourth-order valence-corrected chi connectivity index (χ4v) is 1.71. The smallest absolute Gasteiger partial charge is 0.271 e. The molecular weight excluding hydrogens is 256 g/mol. The Kier molecular flexibility index (Phi) is 3.74. The van der Waals surface area contributed by atoms with Gasteiger partial charge in [-0.25, -0.2) is 0 Å². The highest BCUT2D eigenvalue weighted by molar-refractivity contribution is 5.59. The molecule has 0 amide bonds. The lowest BCUT2D eigenvalue weighted by Gasteiger charge is -2.04. The molecule has 0 aromatic heterocycles. The van der Waals surface area contributed by atoms with Crippen LogP contribution in [-0.4, -0.2) is 4.92 Å². The van der Waals surface area contributed by atoms with E-state index in [2.05, 4.69) is 10.2 Å². The van der Waals surface area contributed by atoms with Gasteiger partial charge in [-0.3, -0.25) is 10.1 Å². The van der Waals surface area contributed by atoms with Gasteiger partial charge in [0.2, 0.25) is 0 Å². The molecule has 6 nitrogen and oxygen atoms in total. The van der Waals surface area contributed by atoms with Crippen molar-refractivity contribution >= 4 is 22.7 Å². The third kappa shape index (κ3) is 2.97. The molecule has 0 saturated carbocycles. The summed E-state index contributed by atoms with van der Waals surface area (Å²) in [5, 5.41) is 18.8. The van der Waals surface area contributed by atoms with E-state index in [1.807, 2.05) is 26.0 Å². The Morgan fingerprint density at radius 3 is 2.55 bits per heavy atom. The monoisotopic (exact) mass is 270 g/mol. The lowest BCUT2D eigenvalue weighted by molar-refractivity contribution is -0.384. The summed E-state index contributed by atoms with van der Waals surface area (Å²) in [5.41, 5.74) is 9.46. The number of nitrogens with two attached hydrogens (primary N) is 1. The summed E-state index contributed by atoms with van der Waals surface area (Å²) in [7, 11) is 0. The fourth-order valence-electron chi connectivity index (χ4n) is 1.71. The fraction of sp³-hybridized carbons (Fsp3) is 0.143. The number of nitro groups is 1. The van der Waals surface area contributed by atoms with E-state index >= 15 is 0 Å². The predicted octanol–water partition coefficient (Wildman–Crippen LogP) is 4.21. The quantitative estimate of drug-likeness (QED) is 0.391. The van der Waals surface area contributed by atoms with Crippen LogP contribution in [0.1, 0.15) is 11.1 Å². The van der Waals surface area contributed by atoms with Gasteiger partial charge in [-0.15, -0.1) is 0 Å². The lowest BCUT2D eigenvalue weighted by Crippen LogP contribution is -1.90. The van der Waals surface area contributed by atoms with E-state index in [9.17, 15) is 10.1 Å². The van der Waals surface area contributed by atoms with E-state index in [-0.39, 0.29) is 5.69 Å². The van der Waals surface area contributed by atoms with Crippen LogP contribution >= 0.6 is 0 Å². The number of hydrogen-bond donors (Lipinski definition) is 1. The summed E-state index contributed by atoms with van der Waals surface area (Å²) in [5.74, 6) is 0. The molecule has 6 heteroatoms. The van der Waals surface area contributed by atoms with Crippen LogP contribution in [0.4, 0.5) is 22.7 Å². The highest BCUT2D eigenvalue weighted by atomic mass is 16.6. The Balaban J connectivity index is 2.32. The van der Waals surface area contributed by atoms with E-state index in [0.717, 1.165) is 11.1 Å². The van der Waals surface area contributed by atoms with Crippen molar-refractivity contribution < 1.29 is 4.92 Å². The van der Waals surface area contributed by atoms with Crippen molar-refractivity contribution in [1.29, 1.82) is 0 Å². The third-order valence-electron chi connectivity index (χ3n) is 2.90. The van der Waals surface area contributed by atoms with Crippen LogP contribution in [-0.2, 0) is 0 Å². The molecule has 0 saturated heterocycles. The van der Waals surface area contributed by atoms with Crippen molar-refractivity contribution in [3.8, 4) is 0 Å². The zero-order chi connectivity index (χ0) is 14.7. The van der Waals surface area contributed by atoms with Crippen LogP contribution in [0, 0.1) is 24.0 Å². The lowest BCUT2D eigenvalue weighted by atomic mass is 10.1. The number of rotatable bonds is 3. The minimum absolute atomic E-state index is 0.00772. The Labute approximate surface area is 116 Å². The third-order valence-corrected chi connectivity index (χ3v) is 2.90. The molecule has 2 aromatic carbocycles. The Hall–Kier alpha value is -2.76. The van der Waals surface area contributed by atoms with Crippen molar-refractivity contribution in [3.63, 3.8) is 0 Å². The SMILES string of the molecule is Cc1cc(N=Nc2cccc([N+](=O)[O-])c2)c(C)cc1N. The van der Waals surface area contributed by atoms with E-state index in [1.165, 1.54) is 12.1 Å². The number of nitrogen functional groups attached to an aromatic ring is 1. The van der Waals surface area contributed by atoms with Gasteiger partial charge in [0.1, 0.15) is 0 Å². The van der Waals surface area contributed by atoms with Gasteiger partial charge in [0, 0.05) is 17.8 Å². The maximum atomic E-state index is 10.7. The molecule has 0 aliphatic heterocycles. The normalized spacial score (nSPS) is 10.9. The van der Waals surface area contributed by atoms with Gasteiger partial charge >= 0.3 is 0 Å². The number of nitrogens with zero attached hydrogens (tertiary/aromatic N) is 3. The highest BCUT2D eigenvalue weighted by Crippen LogP contribution is 2.27. The zero-order valence-corrected chi connectivity index (χ0v) is 11.2. The number of hydrogen-bond acceptors (Lipinski definition) is 5. The molecule has 2 aromatic rings. The number of azo groups is 1. The molecule has 0 unspecified atom stereocenters. The minimum Gasteiger partial charge on any atom is -0.399 e. The van der Waals surface area contributed by atoms with E-state index < -0.39 is 4.92 Å². The van der Waals surface area contributed by atoms with Crippen LogP contribution in [0.2, 0.25) is 0 Å². The van der Waals surface area contributed by atoms with Crippen molar-refractivity contribution in [2.24, 2.45) is 10.2 Å². The van der Waals surface area contributed by atoms with Gasteiger partial charge in [-0.05, 0) is 43.2 Å². The van der Waals surface area contributed by atoms with Crippen LogP contribution in [0.25, 0.3) is 0 Å². The molecule has 0 radical (unpaired) electrons. The van der Waals surface area contributed by atoms with Gasteiger partial charge < -0.3 is 5.73 Å². The van der Waals surface area contributed by atoms with Gasteiger partial charge in [-0.1, -0.05) is 6.07 Å². The topological polar surface area (TPSA) is 93.9 Å². The number of benzene rings is 2. The molecule has 0 aliphatic rings. The summed E-state index contributed by atoms with van der Waals surface area (Å²) in [6.45, 7) is 3.78. The molecular formula is C14H14N4O2. The predicted molar refractivity (Wildman–Crippen MR) is 77.6 cm³/mol. The Morgan fingerprint density at radius 1 is 1.10 bits per heavy atom. The summed E-state index contributed by atoms with van der Waals surface area (Å²) in [6.07, 6.45) is 0. The number of anilines is 1. The van der Waals surface area contributed by atoms with Gasteiger partial charge in [0.05, 0.1) is 16.3 Å². The van der Waals surface area contributed by atoms with E-state index in [4.69, 9.17) is 5.73 Å². The first kappa shape index (κ1) is 13.7. The maximum Gasteiger partial charge on any atom is 0.271 e. The highest BCUT2D eigenvalue weighted by Gasteiger charge is 2.05. The molecule has 0 atom stereocenters. The molecule has 0 heterocycles. The second kappa shape index (κ2) is 5.48. The van der Waals surface area contributed by atoms with Gasteiger partial charge in [0.25, 0.3) is 5.69 Å². The molecule has 2 N–H and O–H groups in total. The largest absolute Gasteiger partial charge is 0.399 e. The Morgan fingerprint density at radius 2 is 1.85 bits per heavy atom. The van der Waals surface area contributed by atoms with Crippen LogP contribution in [0.15, 0.2) is 46.6 Å². The molecule has 0 bridgehead atoms. The van der Waals surface area contributed by atoms with Crippen LogP contribution < -0.4 is 5.73 Å². The average Bonchev–Trinajstić information content (AvgIpc) is 2.41. The maximum absolute atomic E-state index is 10.7. The summed E-state index contributed by atoms with van der Waals surface area (Å²) < 4.78 is 0. The molecule has 102 valence electrons. The van der Waals surface area contributed by atoms with E-state index in [0.29, 0.717) is 17.1 Å². The van der Waals surface area contributed by atoms with Crippen molar-refractivity contribution in [1.82, 2.24) is 0 Å². The number of non-ortho nitro benzene ring substituents is 1. The zero-order valence-electron chi connectivity index (χ0n) is 11.2. The van der Waals surface area contributed by atoms with Gasteiger partial charge in [-0.2, -0.15) is 10.2 Å². The number of aryl methyl sites for hydroxylation is 2. The van der Waals surface area contributed by atoms with E-state index in [1.54, 1.807) is 12.1 Å². The van der Waals surface area contributed by atoms with Crippen molar-refractivity contribution in [2.75, 3.05) is 5.73 Å². The summed E-state index contributed by atoms with van der Waals surface area (Å²) >= 11 is 0.